The average Bonchev–Trinajstić information content (AvgIpc) is 2.34. The van der Waals surface area contributed by atoms with Crippen LogP contribution in [-0.4, -0.2) is 28.3 Å². The Morgan fingerprint density at radius 1 is 1.37 bits per heavy atom. The molecule has 0 heterocycles. The minimum Gasteiger partial charge on any atom is -0.310 e. The van der Waals surface area contributed by atoms with E-state index in [-0.39, 0.29) is 5.41 Å². The summed E-state index contributed by atoms with van der Waals surface area (Å²) in [7, 11) is -0.722. The molecular weight excluding hydrogens is 254 g/mol. The lowest BCUT2D eigenvalue weighted by molar-refractivity contribution is 0.0634. The molecule has 1 aliphatic rings. The summed E-state index contributed by atoms with van der Waals surface area (Å²) in [6.45, 7) is 6.80. The number of rotatable bonds is 5. The molecule has 1 aromatic rings. The number of benzene rings is 1. The molecule has 1 saturated carbocycles. The van der Waals surface area contributed by atoms with E-state index in [2.05, 4.69) is 56.4 Å². The molecule has 1 fully saturated rings. The summed E-state index contributed by atoms with van der Waals surface area (Å²) in [4.78, 5) is 0. The van der Waals surface area contributed by atoms with Crippen LogP contribution in [0.25, 0.3) is 0 Å². The van der Waals surface area contributed by atoms with Gasteiger partial charge in [-0.25, -0.2) is 0 Å². The molecule has 2 rings (SSSR count). The van der Waals surface area contributed by atoms with E-state index in [1.807, 2.05) is 0 Å². The highest BCUT2D eigenvalue weighted by Gasteiger charge is 2.48. The Balaban J connectivity index is 1.96. The van der Waals surface area contributed by atoms with E-state index >= 15 is 0 Å². The first-order valence-corrected chi connectivity index (χ1v) is 8.75. The van der Waals surface area contributed by atoms with E-state index < -0.39 is 10.8 Å². The summed E-state index contributed by atoms with van der Waals surface area (Å²) in [5.74, 6) is 1.37. The monoisotopic (exact) mass is 279 g/mol. The molecule has 0 amide bonds. The Bertz CT molecular complexity index is 443. The maximum atomic E-state index is 11.3. The second kappa shape index (κ2) is 5.76. The van der Waals surface area contributed by atoms with Gasteiger partial charge in [-0.05, 0) is 30.2 Å². The van der Waals surface area contributed by atoms with Crippen molar-refractivity contribution in [1.82, 2.24) is 5.32 Å². The van der Waals surface area contributed by atoms with Crippen molar-refractivity contribution < 1.29 is 4.21 Å². The van der Waals surface area contributed by atoms with Crippen molar-refractivity contribution in [3.8, 4) is 0 Å². The SMILES string of the molecule is C[C@H](C[S@](C)=O)N[C@@H]1C[C@@H](c2ccccc2)C1(C)C. The van der Waals surface area contributed by atoms with Gasteiger partial charge in [-0.1, -0.05) is 44.2 Å². The molecule has 4 atom stereocenters. The summed E-state index contributed by atoms with van der Waals surface area (Å²) in [6.07, 6.45) is 2.95. The van der Waals surface area contributed by atoms with E-state index in [4.69, 9.17) is 0 Å². The summed E-state index contributed by atoms with van der Waals surface area (Å²) in [5, 5.41) is 3.64. The van der Waals surface area contributed by atoms with Crippen molar-refractivity contribution in [2.75, 3.05) is 12.0 Å². The van der Waals surface area contributed by atoms with Gasteiger partial charge in [0.2, 0.25) is 0 Å². The second-order valence-corrected chi connectivity index (χ2v) is 7.86. The minimum absolute atomic E-state index is 0.269. The first-order chi connectivity index (χ1) is 8.91. The van der Waals surface area contributed by atoms with Crippen LogP contribution in [0.2, 0.25) is 0 Å². The Hall–Kier alpha value is -0.670. The Kier molecular flexibility index (Phi) is 4.46. The van der Waals surface area contributed by atoms with Gasteiger partial charge in [0.1, 0.15) is 0 Å². The Morgan fingerprint density at radius 3 is 2.53 bits per heavy atom. The quantitative estimate of drug-likeness (QED) is 0.898. The van der Waals surface area contributed by atoms with Crippen LogP contribution in [0.1, 0.15) is 38.7 Å². The van der Waals surface area contributed by atoms with Crippen molar-refractivity contribution in [2.45, 2.75) is 45.2 Å². The predicted molar refractivity (Wildman–Crippen MR) is 82.9 cm³/mol. The Labute approximate surface area is 119 Å². The van der Waals surface area contributed by atoms with Crippen molar-refractivity contribution in [1.29, 1.82) is 0 Å². The summed E-state index contributed by atoms with van der Waals surface area (Å²) >= 11 is 0. The van der Waals surface area contributed by atoms with Crippen LogP contribution in [0.4, 0.5) is 0 Å². The van der Waals surface area contributed by atoms with Crippen LogP contribution in [0.3, 0.4) is 0 Å². The maximum absolute atomic E-state index is 11.3. The molecule has 0 saturated heterocycles. The standard InChI is InChI=1S/C16H25NOS/c1-12(11-19(4)18)17-15-10-14(16(15,2)3)13-8-6-5-7-9-13/h5-9,12,14-15,17H,10-11H2,1-4H3/t12-,14+,15-,19+/m1/s1. The summed E-state index contributed by atoms with van der Waals surface area (Å²) in [6, 6.07) is 11.6. The van der Waals surface area contributed by atoms with E-state index in [1.165, 1.54) is 12.0 Å². The highest BCUT2D eigenvalue weighted by Crippen LogP contribution is 2.52. The first kappa shape index (κ1) is 14.7. The van der Waals surface area contributed by atoms with Gasteiger partial charge in [0.25, 0.3) is 0 Å². The average molecular weight is 279 g/mol. The molecule has 0 bridgehead atoms. The van der Waals surface area contributed by atoms with Crippen LogP contribution in [0.15, 0.2) is 30.3 Å². The van der Waals surface area contributed by atoms with Crippen LogP contribution in [-0.2, 0) is 10.8 Å². The van der Waals surface area contributed by atoms with Crippen molar-refractivity contribution in [3.05, 3.63) is 35.9 Å². The molecule has 0 aliphatic heterocycles. The van der Waals surface area contributed by atoms with Crippen LogP contribution < -0.4 is 5.32 Å². The second-order valence-electron chi connectivity index (χ2n) is 6.38. The molecule has 1 N–H and O–H groups in total. The zero-order chi connectivity index (χ0) is 14.0. The number of hydrogen-bond donors (Lipinski definition) is 1. The fourth-order valence-corrected chi connectivity index (χ4v) is 4.00. The molecule has 0 spiro atoms. The number of nitrogens with one attached hydrogen (secondary N) is 1. The molecule has 106 valence electrons. The van der Waals surface area contributed by atoms with Crippen LogP contribution in [0.5, 0.6) is 0 Å². The topological polar surface area (TPSA) is 29.1 Å². The van der Waals surface area contributed by atoms with Crippen LogP contribution in [0, 0.1) is 5.41 Å². The van der Waals surface area contributed by atoms with E-state index in [1.54, 1.807) is 6.26 Å². The molecule has 0 aromatic heterocycles. The largest absolute Gasteiger partial charge is 0.310 e. The van der Waals surface area contributed by atoms with Gasteiger partial charge >= 0.3 is 0 Å². The van der Waals surface area contributed by atoms with Crippen molar-refractivity contribution in [2.24, 2.45) is 5.41 Å². The van der Waals surface area contributed by atoms with Gasteiger partial charge in [-0.3, -0.25) is 4.21 Å². The van der Waals surface area contributed by atoms with Gasteiger partial charge in [0, 0.05) is 34.9 Å². The van der Waals surface area contributed by atoms with E-state index in [0.717, 1.165) is 5.75 Å². The Morgan fingerprint density at radius 2 is 2.00 bits per heavy atom. The molecule has 1 aliphatic carbocycles. The van der Waals surface area contributed by atoms with Gasteiger partial charge in [-0.2, -0.15) is 0 Å². The van der Waals surface area contributed by atoms with Crippen molar-refractivity contribution in [3.63, 3.8) is 0 Å². The zero-order valence-electron chi connectivity index (χ0n) is 12.3. The smallest absolute Gasteiger partial charge is 0.0383 e. The van der Waals surface area contributed by atoms with Crippen LogP contribution >= 0.6 is 0 Å². The third-order valence-electron chi connectivity index (χ3n) is 4.44. The minimum atomic E-state index is -0.722. The highest BCUT2D eigenvalue weighted by atomic mass is 32.2. The molecule has 0 unspecified atom stereocenters. The third kappa shape index (κ3) is 3.26. The first-order valence-electron chi connectivity index (χ1n) is 7.02. The predicted octanol–water partition coefficient (Wildman–Crippen LogP) is 2.93. The molecule has 0 radical (unpaired) electrons. The molecule has 3 heteroatoms. The maximum Gasteiger partial charge on any atom is 0.0383 e. The zero-order valence-corrected chi connectivity index (χ0v) is 13.2. The van der Waals surface area contributed by atoms with Gasteiger partial charge in [0.15, 0.2) is 0 Å². The lowest BCUT2D eigenvalue weighted by Crippen LogP contribution is -2.58. The highest BCUT2D eigenvalue weighted by molar-refractivity contribution is 7.84. The normalized spacial score (nSPS) is 28.4. The fraction of sp³-hybridized carbons (Fsp3) is 0.625. The van der Waals surface area contributed by atoms with Gasteiger partial charge in [-0.15, -0.1) is 0 Å². The lowest BCUT2D eigenvalue weighted by Gasteiger charge is -2.53. The number of hydrogen-bond acceptors (Lipinski definition) is 2. The van der Waals surface area contributed by atoms with Gasteiger partial charge < -0.3 is 5.32 Å². The molecule has 1 aromatic carbocycles. The van der Waals surface area contributed by atoms with E-state index in [0.29, 0.717) is 18.0 Å². The molecule has 2 nitrogen and oxygen atoms in total. The summed E-state index contributed by atoms with van der Waals surface area (Å²) < 4.78 is 11.3. The van der Waals surface area contributed by atoms with E-state index in [9.17, 15) is 4.21 Å². The lowest BCUT2D eigenvalue weighted by atomic mass is 9.56. The molecular formula is C16H25NOS. The summed E-state index contributed by atoms with van der Waals surface area (Å²) in [5.41, 5.74) is 1.71. The molecule has 19 heavy (non-hydrogen) atoms. The van der Waals surface area contributed by atoms with Gasteiger partial charge in [0.05, 0.1) is 0 Å². The fourth-order valence-electron chi connectivity index (χ4n) is 3.20. The van der Waals surface area contributed by atoms with Crippen molar-refractivity contribution >= 4 is 10.8 Å². The third-order valence-corrected chi connectivity index (χ3v) is 5.41.